The Balaban J connectivity index is 1.24. The second-order valence-electron chi connectivity index (χ2n) is 9.89. The van der Waals surface area contributed by atoms with Crippen molar-refractivity contribution in [1.29, 1.82) is 0 Å². The van der Waals surface area contributed by atoms with Gasteiger partial charge in [0.05, 0.1) is 11.0 Å². The smallest absolute Gasteiger partial charge is 0.225 e. The fraction of sp³-hybridized carbons (Fsp3) is 0.519. The van der Waals surface area contributed by atoms with Crippen LogP contribution in [0, 0.1) is 11.7 Å². The molecule has 1 saturated carbocycles. The van der Waals surface area contributed by atoms with Gasteiger partial charge in [-0.1, -0.05) is 29.8 Å². The van der Waals surface area contributed by atoms with Crippen LogP contribution in [0.2, 0.25) is 5.02 Å². The predicted octanol–water partition coefficient (Wildman–Crippen LogP) is 5.46. The van der Waals surface area contributed by atoms with Crippen LogP contribution in [0.25, 0.3) is 0 Å². The standard InChI is InChI=1S/C27H32ClFN2O3S/c28-20-6-4-18(5-7-20)24(19-12-14-34-15-13-19)16-27(32)30-26-3-1-2-25(29)23(26)11-8-21-17-31(21)35(33)22-9-10-22/h1-7,19,21-22,24H,8-17H2,(H,30,32). The van der Waals surface area contributed by atoms with Gasteiger partial charge in [0.1, 0.15) is 5.82 Å². The lowest BCUT2D eigenvalue weighted by Crippen LogP contribution is -2.26. The van der Waals surface area contributed by atoms with Crippen molar-refractivity contribution in [3.05, 3.63) is 64.4 Å². The molecule has 0 spiro atoms. The second-order valence-corrected chi connectivity index (χ2v) is 12.0. The van der Waals surface area contributed by atoms with E-state index in [4.69, 9.17) is 16.3 Å². The maximum Gasteiger partial charge on any atom is 0.225 e. The largest absolute Gasteiger partial charge is 0.381 e. The zero-order valence-corrected chi connectivity index (χ0v) is 21.3. The van der Waals surface area contributed by atoms with Crippen LogP contribution >= 0.6 is 11.6 Å². The minimum Gasteiger partial charge on any atom is -0.381 e. The van der Waals surface area contributed by atoms with Crippen molar-refractivity contribution in [2.24, 2.45) is 5.92 Å². The van der Waals surface area contributed by atoms with Gasteiger partial charge in [0.2, 0.25) is 5.91 Å². The Hall–Kier alpha value is -1.80. The van der Waals surface area contributed by atoms with Crippen molar-refractivity contribution in [1.82, 2.24) is 4.31 Å². The molecular formula is C27H32ClFN2O3S. The molecule has 4 atom stereocenters. The minimum atomic E-state index is -0.886. The molecule has 5 rings (SSSR count). The van der Waals surface area contributed by atoms with E-state index in [0.717, 1.165) is 44.2 Å². The van der Waals surface area contributed by atoms with Crippen molar-refractivity contribution in [3.63, 3.8) is 0 Å². The molecule has 3 aliphatic rings. The number of halogens is 2. The highest BCUT2D eigenvalue weighted by molar-refractivity contribution is 7.83. The van der Waals surface area contributed by atoms with E-state index < -0.39 is 11.0 Å². The van der Waals surface area contributed by atoms with Crippen molar-refractivity contribution in [2.45, 2.75) is 62.2 Å². The van der Waals surface area contributed by atoms with Gasteiger partial charge in [-0.15, -0.1) is 0 Å². The number of ether oxygens (including phenoxy) is 1. The van der Waals surface area contributed by atoms with Gasteiger partial charge >= 0.3 is 0 Å². The molecule has 1 N–H and O–H groups in total. The average molecular weight is 519 g/mol. The fourth-order valence-electron chi connectivity index (χ4n) is 5.10. The summed E-state index contributed by atoms with van der Waals surface area (Å²) in [5.74, 6) is -0.0374. The lowest BCUT2D eigenvalue weighted by Gasteiger charge is -2.30. The molecule has 1 aliphatic carbocycles. The monoisotopic (exact) mass is 518 g/mol. The summed E-state index contributed by atoms with van der Waals surface area (Å²) in [4.78, 5) is 13.2. The average Bonchev–Trinajstić information content (AvgIpc) is 3.78. The molecule has 5 nitrogen and oxygen atoms in total. The van der Waals surface area contributed by atoms with E-state index in [0.29, 0.717) is 53.5 Å². The lowest BCUT2D eigenvalue weighted by molar-refractivity contribution is -0.117. The van der Waals surface area contributed by atoms with Crippen LogP contribution in [0.15, 0.2) is 42.5 Å². The SMILES string of the molecule is O=C(CC(c1ccc(Cl)cc1)C1CCOCC1)Nc1cccc(F)c1CCC1CN1S(=O)C1CC1. The molecule has 188 valence electrons. The molecule has 2 aromatic rings. The highest BCUT2D eigenvalue weighted by Gasteiger charge is 2.44. The zero-order valence-electron chi connectivity index (χ0n) is 19.8. The van der Waals surface area contributed by atoms with Crippen LogP contribution in [0.5, 0.6) is 0 Å². The number of benzene rings is 2. The van der Waals surface area contributed by atoms with Crippen molar-refractivity contribution in [2.75, 3.05) is 25.1 Å². The third-order valence-electron chi connectivity index (χ3n) is 7.36. The minimum absolute atomic E-state index is 0.0469. The van der Waals surface area contributed by atoms with Crippen LogP contribution in [0.3, 0.4) is 0 Å². The van der Waals surface area contributed by atoms with Gasteiger partial charge < -0.3 is 10.1 Å². The Morgan fingerprint density at radius 1 is 1.14 bits per heavy atom. The third-order valence-corrected chi connectivity index (χ3v) is 9.57. The summed E-state index contributed by atoms with van der Waals surface area (Å²) in [5, 5.41) is 4.00. The molecule has 4 unspecified atom stereocenters. The van der Waals surface area contributed by atoms with Crippen LogP contribution in [-0.4, -0.2) is 45.5 Å². The topological polar surface area (TPSA) is 58.4 Å². The molecule has 8 heteroatoms. The number of rotatable bonds is 10. The lowest BCUT2D eigenvalue weighted by atomic mass is 9.79. The molecule has 0 radical (unpaired) electrons. The van der Waals surface area contributed by atoms with Crippen LogP contribution < -0.4 is 5.32 Å². The van der Waals surface area contributed by atoms with Crippen molar-refractivity contribution >= 4 is 34.2 Å². The summed E-state index contributed by atoms with van der Waals surface area (Å²) in [5.41, 5.74) is 2.15. The first-order chi connectivity index (χ1) is 17.0. The van der Waals surface area contributed by atoms with Crippen LogP contribution in [0.4, 0.5) is 10.1 Å². The fourth-order valence-corrected chi connectivity index (χ4v) is 6.87. The summed E-state index contributed by atoms with van der Waals surface area (Å²) in [6.07, 6.45) is 5.47. The summed E-state index contributed by atoms with van der Waals surface area (Å²) in [7, 11) is -0.886. The summed E-state index contributed by atoms with van der Waals surface area (Å²) < 4.78 is 34.7. The molecule has 1 amide bonds. The second kappa shape index (κ2) is 11.1. The molecule has 3 fully saturated rings. The zero-order chi connectivity index (χ0) is 24.4. The first-order valence-corrected chi connectivity index (χ1v) is 14.1. The highest BCUT2D eigenvalue weighted by atomic mass is 35.5. The quantitative estimate of drug-likeness (QED) is 0.425. The number of nitrogens with one attached hydrogen (secondary N) is 1. The first kappa shape index (κ1) is 24.9. The van der Waals surface area contributed by atoms with E-state index >= 15 is 0 Å². The number of nitrogens with zero attached hydrogens (tertiary/aromatic N) is 1. The highest BCUT2D eigenvalue weighted by Crippen LogP contribution is 2.37. The van der Waals surface area contributed by atoms with Crippen LogP contribution in [-0.2, 0) is 26.9 Å². The van der Waals surface area contributed by atoms with Gasteiger partial charge in [-0.3, -0.25) is 4.79 Å². The van der Waals surface area contributed by atoms with Crippen molar-refractivity contribution in [3.8, 4) is 0 Å². The van der Waals surface area contributed by atoms with E-state index in [9.17, 15) is 13.4 Å². The van der Waals surface area contributed by atoms with E-state index in [1.54, 1.807) is 12.1 Å². The molecule has 2 aromatic carbocycles. The maximum absolute atomic E-state index is 14.8. The summed E-state index contributed by atoms with van der Waals surface area (Å²) in [6, 6.07) is 12.8. The normalized spacial score (nSPS) is 24.1. The van der Waals surface area contributed by atoms with Crippen molar-refractivity contribution < 1.29 is 18.1 Å². The van der Waals surface area contributed by atoms with Gasteiger partial charge in [-0.25, -0.2) is 12.9 Å². The van der Waals surface area contributed by atoms with Gasteiger partial charge in [0, 0.05) is 53.7 Å². The van der Waals surface area contributed by atoms with E-state index in [1.165, 1.54) is 6.07 Å². The number of anilines is 1. The third kappa shape index (κ3) is 6.31. The van der Waals surface area contributed by atoms with Gasteiger partial charge in [-0.05, 0) is 80.2 Å². The van der Waals surface area contributed by atoms with Gasteiger partial charge in [-0.2, -0.15) is 0 Å². The van der Waals surface area contributed by atoms with E-state index in [2.05, 4.69) is 5.32 Å². The molecule has 2 heterocycles. The number of carbonyl (C=O) groups excluding carboxylic acids is 1. The number of amides is 1. The molecule has 0 aromatic heterocycles. The maximum atomic E-state index is 14.8. The first-order valence-electron chi connectivity index (χ1n) is 12.6. The molecular weight excluding hydrogens is 487 g/mol. The Bertz CT molecular complexity index is 1070. The predicted molar refractivity (Wildman–Crippen MR) is 137 cm³/mol. The van der Waals surface area contributed by atoms with E-state index in [1.807, 2.05) is 28.6 Å². The Morgan fingerprint density at radius 2 is 1.89 bits per heavy atom. The molecule has 35 heavy (non-hydrogen) atoms. The summed E-state index contributed by atoms with van der Waals surface area (Å²) in [6.45, 7) is 2.22. The molecule has 2 saturated heterocycles. The molecule has 2 aliphatic heterocycles. The Labute approximate surface area is 214 Å². The molecule has 0 bridgehead atoms. The van der Waals surface area contributed by atoms with E-state index in [-0.39, 0.29) is 23.7 Å². The van der Waals surface area contributed by atoms with Gasteiger partial charge in [0.25, 0.3) is 0 Å². The van der Waals surface area contributed by atoms with Crippen LogP contribution in [0.1, 0.15) is 55.6 Å². The Kier molecular flexibility index (Phi) is 7.87. The summed E-state index contributed by atoms with van der Waals surface area (Å²) >= 11 is 6.09. The van der Waals surface area contributed by atoms with Gasteiger partial charge in [0.15, 0.2) is 0 Å². The number of hydrogen-bond acceptors (Lipinski definition) is 3. The Morgan fingerprint density at radius 3 is 2.60 bits per heavy atom. The number of carbonyl (C=O) groups is 1. The number of hydrogen-bond donors (Lipinski definition) is 1.